The summed E-state index contributed by atoms with van der Waals surface area (Å²) in [7, 11) is -3.08. The van der Waals surface area contributed by atoms with E-state index in [1.807, 2.05) is 0 Å². The third-order valence-electron chi connectivity index (χ3n) is 2.84. The van der Waals surface area contributed by atoms with E-state index in [0.717, 1.165) is 25.5 Å². The van der Waals surface area contributed by atoms with E-state index >= 15 is 0 Å². The lowest BCUT2D eigenvalue weighted by Gasteiger charge is -2.10. The molecule has 0 heterocycles. The third kappa shape index (κ3) is 12.2. The Kier molecular flexibility index (Phi) is 9.87. The summed E-state index contributed by atoms with van der Waals surface area (Å²) in [6.45, 7) is 2.54. The second-order valence-corrected chi connectivity index (χ2v) is 7.22. The highest BCUT2D eigenvalue weighted by Crippen LogP contribution is 2.05. The van der Waals surface area contributed by atoms with Gasteiger partial charge in [-0.05, 0) is 12.8 Å². The van der Waals surface area contributed by atoms with Crippen molar-refractivity contribution in [2.45, 2.75) is 57.9 Å². The molecule has 0 aromatic rings. The van der Waals surface area contributed by atoms with Crippen LogP contribution in [0.15, 0.2) is 0 Å². The zero-order valence-electron chi connectivity index (χ0n) is 12.1. The zero-order valence-corrected chi connectivity index (χ0v) is 12.9. The normalized spacial score (nSPS) is 13.2. The molecule has 0 radical (unpaired) electrons. The minimum atomic E-state index is -3.08. The van der Waals surface area contributed by atoms with Crippen LogP contribution >= 0.6 is 0 Å². The van der Waals surface area contributed by atoms with E-state index in [1.165, 1.54) is 19.3 Å². The molecule has 2 N–H and O–H groups in total. The predicted octanol–water partition coefficient (Wildman–Crippen LogP) is 1.65. The molecule has 0 saturated carbocycles. The molecule has 0 aliphatic heterocycles. The van der Waals surface area contributed by atoms with Gasteiger partial charge in [0.2, 0.25) is 0 Å². The van der Waals surface area contributed by atoms with E-state index in [1.54, 1.807) is 0 Å². The molecule has 1 unspecified atom stereocenters. The molecule has 0 bridgehead atoms. The molecule has 0 aliphatic rings. The number of esters is 1. The van der Waals surface area contributed by atoms with Crippen LogP contribution in [0.1, 0.15) is 51.9 Å². The summed E-state index contributed by atoms with van der Waals surface area (Å²) in [5.41, 5.74) is 5.57. The number of sulfone groups is 1. The van der Waals surface area contributed by atoms with Crippen molar-refractivity contribution in [3.8, 4) is 0 Å². The van der Waals surface area contributed by atoms with Gasteiger partial charge in [-0.2, -0.15) is 0 Å². The number of carbonyl (C=O) groups is 1. The Labute approximate surface area is 116 Å². The van der Waals surface area contributed by atoms with Gasteiger partial charge in [-0.15, -0.1) is 0 Å². The maximum Gasteiger partial charge on any atom is 0.322 e. The van der Waals surface area contributed by atoms with Crippen LogP contribution in [0.4, 0.5) is 0 Å². The second kappa shape index (κ2) is 10.2. The lowest BCUT2D eigenvalue weighted by atomic mass is 10.1. The summed E-state index contributed by atoms with van der Waals surface area (Å²) in [6.07, 6.45) is 7.97. The number of hydrogen-bond donors (Lipinski definition) is 1. The fraction of sp³-hybridized carbons (Fsp3) is 0.923. The van der Waals surface area contributed by atoms with Crippen molar-refractivity contribution in [3.05, 3.63) is 0 Å². The van der Waals surface area contributed by atoms with Gasteiger partial charge in [0.15, 0.2) is 0 Å². The number of rotatable bonds is 11. The third-order valence-corrected chi connectivity index (χ3v) is 3.82. The van der Waals surface area contributed by atoms with Crippen molar-refractivity contribution in [2.24, 2.45) is 5.73 Å². The SMILES string of the molecule is CCCCCCCCOC(=O)C(N)CCS(C)(=O)=O. The summed E-state index contributed by atoms with van der Waals surface area (Å²) in [5.74, 6) is -0.586. The van der Waals surface area contributed by atoms with E-state index < -0.39 is 21.8 Å². The molecule has 1 atom stereocenters. The van der Waals surface area contributed by atoms with Gasteiger partial charge in [0.1, 0.15) is 15.9 Å². The second-order valence-electron chi connectivity index (χ2n) is 4.96. The highest BCUT2D eigenvalue weighted by atomic mass is 32.2. The summed E-state index contributed by atoms with van der Waals surface area (Å²) in [4.78, 5) is 11.5. The first-order valence-corrected chi connectivity index (χ1v) is 9.03. The van der Waals surface area contributed by atoms with Crippen LogP contribution in [-0.2, 0) is 19.4 Å². The summed E-state index contributed by atoms with van der Waals surface area (Å²) in [5, 5.41) is 0. The largest absolute Gasteiger partial charge is 0.465 e. The van der Waals surface area contributed by atoms with Gasteiger partial charge in [0, 0.05) is 6.26 Å². The molecule has 0 aromatic carbocycles. The van der Waals surface area contributed by atoms with Crippen LogP contribution in [0.3, 0.4) is 0 Å². The van der Waals surface area contributed by atoms with Crippen LogP contribution in [0.2, 0.25) is 0 Å². The monoisotopic (exact) mass is 293 g/mol. The predicted molar refractivity (Wildman–Crippen MR) is 76.6 cm³/mol. The van der Waals surface area contributed by atoms with Crippen LogP contribution in [0, 0.1) is 0 Å². The number of carbonyl (C=O) groups excluding carboxylic acids is 1. The molecular formula is C13H27NO4S. The van der Waals surface area contributed by atoms with Crippen LogP contribution in [0.25, 0.3) is 0 Å². The maximum atomic E-state index is 11.5. The Morgan fingerprint density at radius 3 is 2.32 bits per heavy atom. The lowest BCUT2D eigenvalue weighted by Crippen LogP contribution is -2.34. The van der Waals surface area contributed by atoms with Crippen molar-refractivity contribution in [3.63, 3.8) is 0 Å². The Hall–Kier alpha value is -0.620. The van der Waals surface area contributed by atoms with Gasteiger partial charge >= 0.3 is 5.97 Å². The first-order valence-electron chi connectivity index (χ1n) is 6.96. The van der Waals surface area contributed by atoms with E-state index in [-0.39, 0.29) is 12.2 Å². The van der Waals surface area contributed by atoms with Gasteiger partial charge < -0.3 is 10.5 Å². The highest BCUT2D eigenvalue weighted by Gasteiger charge is 2.16. The van der Waals surface area contributed by atoms with Crippen LogP contribution in [0.5, 0.6) is 0 Å². The average molecular weight is 293 g/mol. The smallest absolute Gasteiger partial charge is 0.322 e. The van der Waals surface area contributed by atoms with Crippen molar-refractivity contribution in [1.29, 1.82) is 0 Å². The number of hydrogen-bond acceptors (Lipinski definition) is 5. The molecule has 0 spiro atoms. The Balaban J connectivity index is 3.57. The zero-order chi connectivity index (χ0) is 14.7. The Morgan fingerprint density at radius 1 is 1.16 bits per heavy atom. The maximum absolute atomic E-state index is 11.5. The first-order chi connectivity index (χ1) is 8.87. The van der Waals surface area contributed by atoms with Gasteiger partial charge in [-0.3, -0.25) is 4.79 Å². The molecule has 0 aromatic heterocycles. The van der Waals surface area contributed by atoms with Gasteiger partial charge in [0.05, 0.1) is 12.4 Å². The molecule has 114 valence electrons. The van der Waals surface area contributed by atoms with Crippen LogP contribution in [-0.4, -0.2) is 39.0 Å². The average Bonchev–Trinajstić information content (AvgIpc) is 2.33. The fourth-order valence-corrected chi connectivity index (χ4v) is 2.30. The highest BCUT2D eigenvalue weighted by molar-refractivity contribution is 7.90. The van der Waals surface area contributed by atoms with Crippen molar-refractivity contribution in [2.75, 3.05) is 18.6 Å². The Bertz CT molecular complexity index is 341. The minimum absolute atomic E-state index is 0.0831. The molecule has 19 heavy (non-hydrogen) atoms. The van der Waals surface area contributed by atoms with Gasteiger partial charge in [0.25, 0.3) is 0 Å². The molecule has 0 rings (SSSR count). The van der Waals surface area contributed by atoms with E-state index in [4.69, 9.17) is 10.5 Å². The minimum Gasteiger partial charge on any atom is -0.465 e. The molecule has 0 aliphatic carbocycles. The molecule has 0 fully saturated rings. The molecule has 0 saturated heterocycles. The fourth-order valence-electron chi connectivity index (χ4n) is 1.62. The van der Waals surface area contributed by atoms with E-state index in [2.05, 4.69) is 6.92 Å². The number of unbranched alkanes of at least 4 members (excludes halogenated alkanes) is 5. The summed E-state index contributed by atoms with van der Waals surface area (Å²) in [6, 6.07) is -0.838. The van der Waals surface area contributed by atoms with Crippen molar-refractivity contribution >= 4 is 15.8 Å². The lowest BCUT2D eigenvalue weighted by molar-refractivity contribution is -0.145. The van der Waals surface area contributed by atoms with Crippen molar-refractivity contribution in [1.82, 2.24) is 0 Å². The van der Waals surface area contributed by atoms with Crippen LogP contribution < -0.4 is 5.73 Å². The van der Waals surface area contributed by atoms with E-state index in [9.17, 15) is 13.2 Å². The van der Waals surface area contributed by atoms with Gasteiger partial charge in [-0.25, -0.2) is 8.42 Å². The topological polar surface area (TPSA) is 86.5 Å². The van der Waals surface area contributed by atoms with E-state index in [0.29, 0.717) is 6.61 Å². The molecule has 5 nitrogen and oxygen atoms in total. The molecule has 6 heteroatoms. The summed E-state index contributed by atoms with van der Waals surface area (Å²) >= 11 is 0. The number of nitrogens with two attached hydrogens (primary N) is 1. The van der Waals surface area contributed by atoms with Crippen molar-refractivity contribution < 1.29 is 17.9 Å². The Morgan fingerprint density at radius 2 is 1.74 bits per heavy atom. The molecule has 0 amide bonds. The first kappa shape index (κ1) is 18.4. The summed E-state index contributed by atoms with van der Waals surface area (Å²) < 4.78 is 26.9. The standard InChI is InChI=1S/C13H27NO4S/c1-3-4-5-6-7-8-10-18-13(15)12(14)9-11-19(2,16)17/h12H,3-11,14H2,1-2H3. The van der Waals surface area contributed by atoms with Gasteiger partial charge in [-0.1, -0.05) is 39.0 Å². The number of ether oxygens (including phenoxy) is 1. The quantitative estimate of drug-likeness (QED) is 0.462. The molecular weight excluding hydrogens is 266 g/mol.